The van der Waals surface area contributed by atoms with Crippen LogP contribution in [0.5, 0.6) is 0 Å². The number of nitrogens with zero attached hydrogens (tertiary/aromatic N) is 2. The molecular formula is C14H23N3O. The van der Waals surface area contributed by atoms with Gasteiger partial charge in [0.2, 0.25) is 5.91 Å². The van der Waals surface area contributed by atoms with Crippen LogP contribution in [-0.4, -0.2) is 28.4 Å². The Balaban J connectivity index is 2.76. The number of pyridine rings is 1. The number of nitrogens with two attached hydrogens (primary N) is 1. The number of rotatable bonds is 5. The molecular weight excluding hydrogens is 226 g/mol. The van der Waals surface area contributed by atoms with Crippen LogP contribution in [0.4, 0.5) is 0 Å². The van der Waals surface area contributed by atoms with Gasteiger partial charge in [0, 0.05) is 12.2 Å². The maximum Gasteiger partial charge on any atom is 0.240 e. The number of carbonyl (C=O) groups is 1. The third-order valence-corrected chi connectivity index (χ3v) is 3.00. The second kappa shape index (κ2) is 6.50. The van der Waals surface area contributed by atoms with Crippen LogP contribution >= 0.6 is 0 Å². The molecule has 0 fully saturated rings. The van der Waals surface area contributed by atoms with Crippen molar-refractivity contribution < 1.29 is 4.79 Å². The number of hydrogen-bond donors (Lipinski definition) is 1. The van der Waals surface area contributed by atoms with Crippen LogP contribution in [0.25, 0.3) is 0 Å². The van der Waals surface area contributed by atoms with E-state index < -0.39 is 6.04 Å². The van der Waals surface area contributed by atoms with Crippen LogP contribution in [0.3, 0.4) is 0 Å². The van der Waals surface area contributed by atoms with Gasteiger partial charge in [-0.3, -0.25) is 9.78 Å². The molecule has 1 atom stereocenters. The summed E-state index contributed by atoms with van der Waals surface area (Å²) in [4.78, 5) is 18.3. The van der Waals surface area contributed by atoms with Gasteiger partial charge >= 0.3 is 0 Å². The molecule has 0 saturated carbocycles. The highest BCUT2D eigenvalue weighted by atomic mass is 16.2. The highest BCUT2D eigenvalue weighted by molar-refractivity contribution is 5.81. The van der Waals surface area contributed by atoms with Crippen molar-refractivity contribution in [3.63, 3.8) is 0 Å². The molecule has 4 nitrogen and oxygen atoms in total. The first-order valence-electron chi connectivity index (χ1n) is 6.42. The second-order valence-electron chi connectivity index (χ2n) is 4.89. The quantitative estimate of drug-likeness (QED) is 0.864. The molecule has 1 aromatic rings. The molecule has 0 saturated heterocycles. The van der Waals surface area contributed by atoms with E-state index in [2.05, 4.69) is 4.98 Å². The predicted molar refractivity (Wildman–Crippen MR) is 72.9 cm³/mol. The van der Waals surface area contributed by atoms with E-state index in [0.29, 0.717) is 13.1 Å². The van der Waals surface area contributed by atoms with Crippen LogP contribution in [0.2, 0.25) is 0 Å². The first-order chi connectivity index (χ1) is 8.45. The van der Waals surface area contributed by atoms with Crippen molar-refractivity contribution in [2.75, 3.05) is 6.54 Å². The molecule has 18 heavy (non-hydrogen) atoms. The summed E-state index contributed by atoms with van der Waals surface area (Å²) in [6.07, 6.45) is 0. The Bertz CT molecular complexity index is 404. The third-order valence-electron chi connectivity index (χ3n) is 3.00. The highest BCUT2D eigenvalue weighted by Crippen LogP contribution is 2.08. The Labute approximate surface area is 109 Å². The Morgan fingerprint density at radius 3 is 2.61 bits per heavy atom. The molecule has 0 spiro atoms. The van der Waals surface area contributed by atoms with E-state index in [9.17, 15) is 4.79 Å². The van der Waals surface area contributed by atoms with Crippen molar-refractivity contribution in [3.8, 4) is 0 Å². The molecule has 100 valence electrons. The molecule has 1 aromatic heterocycles. The van der Waals surface area contributed by atoms with Gasteiger partial charge in [-0.2, -0.15) is 0 Å². The maximum absolute atomic E-state index is 12.2. The summed E-state index contributed by atoms with van der Waals surface area (Å²) in [6.45, 7) is 9.00. The Morgan fingerprint density at radius 1 is 1.44 bits per heavy atom. The van der Waals surface area contributed by atoms with Gasteiger partial charge in [0.1, 0.15) is 0 Å². The smallest absolute Gasteiger partial charge is 0.240 e. The summed E-state index contributed by atoms with van der Waals surface area (Å²) < 4.78 is 0. The molecule has 0 aliphatic carbocycles. The van der Waals surface area contributed by atoms with Gasteiger partial charge in [0.25, 0.3) is 0 Å². The maximum atomic E-state index is 12.2. The Kier molecular flexibility index (Phi) is 5.28. The van der Waals surface area contributed by atoms with Gasteiger partial charge in [-0.05, 0) is 31.9 Å². The monoisotopic (exact) mass is 249 g/mol. The van der Waals surface area contributed by atoms with E-state index >= 15 is 0 Å². The van der Waals surface area contributed by atoms with E-state index in [4.69, 9.17) is 5.73 Å². The van der Waals surface area contributed by atoms with Crippen LogP contribution in [0, 0.1) is 12.8 Å². The zero-order valence-corrected chi connectivity index (χ0v) is 11.7. The number of likely N-dealkylation sites (N-methyl/N-ethyl adjacent to an activating group) is 1. The first-order valence-corrected chi connectivity index (χ1v) is 6.42. The Morgan fingerprint density at radius 2 is 2.11 bits per heavy atom. The molecule has 1 heterocycles. The van der Waals surface area contributed by atoms with Crippen molar-refractivity contribution in [2.45, 2.75) is 40.3 Å². The minimum atomic E-state index is -0.435. The van der Waals surface area contributed by atoms with Crippen LogP contribution in [0.15, 0.2) is 18.2 Å². The predicted octanol–water partition coefficient (Wildman–Crippen LogP) is 1.72. The lowest BCUT2D eigenvalue weighted by Gasteiger charge is -2.25. The molecule has 0 radical (unpaired) electrons. The van der Waals surface area contributed by atoms with Crippen molar-refractivity contribution >= 4 is 5.91 Å². The van der Waals surface area contributed by atoms with Gasteiger partial charge in [-0.1, -0.05) is 19.9 Å². The van der Waals surface area contributed by atoms with Gasteiger partial charge < -0.3 is 10.6 Å². The lowest BCUT2D eigenvalue weighted by atomic mass is 10.0. The van der Waals surface area contributed by atoms with E-state index in [1.54, 1.807) is 4.90 Å². The summed E-state index contributed by atoms with van der Waals surface area (Å²) in [5.41, 5.74) is 7.77. The van der Waals surface area contributed by atoms with Gasteiger partial charge in [-0.25, -0.2) is 0 Å². The topological polar surface area (TPSA) is 59.2 Å². The second-order valence-corrected chi connectivity index (χ2v) is 4.89. The summed E-state index contributed by atoms with van der Waals surface area (Å²) in [6, 6.07) is 5.40. The summed E-state index contributed by atoms with van der Waals surface area (Å²) in [5, 5.41) is 0. The number of hydrogen-bond acceptors (Lipinski definition) is 3. The number of amides is 1. The van der Waals surface area contributed by atoms with Gasteiger partial charge in [-0.15, -0.1) is 0 Å². The zero-order valence-electron chi connectivity index (χ0n) is 11.7. The zero-order chi connectivity index (χ0) is 13.7. The summed E-state index contributed by atoms with van der Waals surface area (Å²) in [7, 11) is 0. The number of aryl methyl sites for hydroxylation is 1. The molecule has 0 unspecified atom stereocenters. The van der Waals surface area contributed by atoms with E-state index in [1.807, 2.05) is 45.9 Å². The SMILES string of the molecule is CCN(Cc1cccc(C)n1)C(=O)[C@H](N)C(C)C. The fraction of sp³-hybridized carbons (Fsp3) is 0.571. The minimum Gasteiger partial charge on any atom is -0.336 e. The van der Waals surface area contributed by atoms with Crippen molar-refractivity contribution in [3.05, 3.63) is 29.6 Å². The molecule has 2 N–H and O–H groups in total. The standard InChI is InChI=1S/C14H23N3O/c1-5-17(14(18)13(15)10(2)3)9-12-8-6-7-11(4)16-12/h6-8,10,13H,5,9,15H2,1-4H3/t13-/m1/s1. The Hall–Kier alpha value is -1.42. The fourth-order valence-corrected chi connectivity index (χ4v) is 1.72. The summed E-state index contributed by atoms with van der Waals surface area (Å²) >= 11 is 0. The lowest BCUT2D eigenvalue weighted by molar-refractivity contribution is -0.134. The van der Waals surface area contributed by atoms with E-state index in [0.717, 1.165) is 11.4 Å². The van der Waals surface area contributed by atoms with E-state index in [-0.39, 0.29) is 11.8 Å². The highest BCUT2D eigenvalue weighted by Gasteiger charge is 2.22. The van der Waals surface area contributed by atoms with Gasteiger partial charge in [0.15, 0.2) is 0 Å². The molecule has 4 heteroatoms. The molecule has 0 aliphatic rings. The lowest BCUT2D eigenvalue weighted by Crippen LogP contribution is -2.46. The fourth-order valence-electron chi connectivity index (χ4n) is 1.72. The third kappa shape index (κ3) is 3.81. The average molecular weight is 249 g/mol. The number of aromatic nitrogens is 1. The minimum absolute atomic E-state index is 0.00388. The van der Waals surface area contributed by atoms with Crippen LogP contribution < -0.4 is 5.73 Å². The average Bonchev–Trinajstić information content (AvgIpc) is 2.34. The van der Waals surface area contributed by atoms with Gasteiger partial charge in [0.05, 0.1) is 18.3 Å². The van der Waals surface area contributed by atoms with E-state index in [1.165, 1.54) is 0 Å². The van der Waals surface area contributed by atoms with Crippen molar-refractivity contribution in [1.29, 1.82) is 0 Å². The normalized spacial score (nSPS) is 12.6. The van der Waals surface area contributed by atoms with Crippen molar-refractivity contribution in [2.24, 2.45) is 11.7 Å². The first kappa shape index (κ1) is 14.6. The van der Waals surface area contributed by atoms with Crippen molar-refractivity contribution in [1.82, 2.24) is 9.88 Å². The molecule has 1 amide bonds. The molecule has 0 aromatic carbocycles. The molecule has 1 rings (SSSR count). The summed E-state index contributed by atoms with van der Waals surface area (Å²) in [5.74, 6) is 0.146. The number of carbonyl (C=O) groups excluding carboxylic acids is 1. The largest absolute Gasteiger partial charge is 0.336 e. The molecule has 0 bridgehead atoms. The van der Waals surface area contributed by atoms with Crippen LogP contribution in [-0.2, 0) is 11.3 Å². The molecule has 0 aliphatic heterocycles. The van der Waals surface area contributed by atoms with Crippen LogP contribution in [0.1, 0.15) is 32.2 Å².